The van der Waals surface area contributed by atoms with Gasteiger partial charge < -0.3 is 11.1 Å². The zero-order valence-electron chi connectivity index (χ0n) is 10.4. The van der Waals surface area contributed by atoms with Crippen molar-refractivity contribution < 1.29 is 13.2 Å². The molecule has 0 aliphatic heterocycles. The van der Waals surface area contributed by atoms with Crippen LogP contribution < -0.4 is 11.1 Å². The van der Waals surface area contributed by atoms with Crippen molar-refractivity contribution in [2.75, 3.05) is 11.5 Å². The molecular formula is C10H22N2O3S. The lowest BCUT2D eigenvalue weighted by molar-refractivity contribution is -0.121. The average Bonchev–Trinajstić information content (AvgIpc) is 2.12. The Labute approximate surface area is 97.7 Å². The Balaban J connectivity index is 4.43. The number of rotatable bonds is 7. The Hall–Kier alpha value is -0.620. The lowest BCUT2D eigenvalue weighted by Crippen LogP contribution is -2.50. The van der Waals surface area contributed by atoms with Gasteiger partial charge in [0.1, 0.15) is 0 Å². The summed E-state index contributed by atoms with van der Waals surface area (Å²) in [7, 11) is -3.03. The van der Waals surface area contributed by atoms with Gasteiger partial charge in [0.15, 0.2) is 9.84 Å². The zero-order chi connectivity index (χ0) is 12.9. The van der Waals surface area contributed by atoms with Crippen molar-refractivity contribution in [3.63, 3.8) is 0 Å². The van der Waals surface area contributed by atoms with E-state index in [0.717, 1.165) is 0 Å². The number of nitrogens with one attached hydrogen (secondary N) is 1. The maximum absolute atomic E-state index is 11.4. The van der Waals surface area contributed by atoms with Crippen molar-refractivity contribution in [3.8, 4) is 0 Å². The summed E-state index contributed by atoms with van der Waals surface area (Å²) in [6, 6.07) is -0.757. The molecule has 2 atom stereocenters. The normalized spacial score (nSPS) is 16.1. The van der Waals surface area contributed by atoms with Gasteiger partial charge in [-0.15, -0.1) is 0 Å². The number of hydrogen-bond donors (Lipinski definition) is 2. The number of carbonyl (C=O) groups excluding carboxylic acids is 1. The predicted molar refractivity (Wildman–Crippen MR) is 64.7 cm³/mol. The summed E-state index contributed by atoms with van der Waals surface area (Å²) in [6.45, 7) is 7.08. The van der Waals surface area contributed by atoms with E-state index in [1.165, 1.54) is 0 Å². The van der Waals surface area contributed by atoms with Crippen LogP contribution in [0.25, 0.3) is 0 Å². The molecule has 1 amide bonds. The van der Waals surface area contributed by atoms with Gasteiger partial charge in [0.05, 0.1) is 11.8 Å². The summed E-state index contributed by atoms with van der Waals surface area (Å²) in [5, 5.41) is 2.95. The standard InChI is InChI=1S/C10H22N2O3S/c1-5-16(14,15)6-8(4)12-9(7(2)3)10(11)13/h7-9,12H,5-6H2,1-4H3,(H2,11,13). The summed E-state index contributed by atoms with van der Waals surface area (Å²) in [6.07, 6.45) is 0. The summed E-state index contributed by atoms with van der Waals surface area (Å²) in [5.74, 6) is -0.262. The van der Waals surface area contributed by atoms with Crippen molar-refractivity contribution in [2.45, 2.75) is 39.8 Å². The molecule has 5 nitrogen and oxygen atoms in total. The highest BCUT2D eigenvalue weighted by molar-refractivity contribution is 7.91. The first-order valence-corrected chi connectivity index (χ1v) is 7.27. The Bertz CT molecular complexity index is 325. The molecular weight excluding hydrogens is 228 g/mol. The lowest BCUT2D eigenvalue weighted by Gasteiger charge is -2.23. The fraction of sp³-hybridized carbons (Fsp3) is 0.900. The van der Waals surface area contributed by atoms with Crippen LogP contribution in [-0.2, 0) is 14.6 Å². The topological polar surface area (TPSA) is 89.3 Å². The van der Waals surface area contributed by atoms with E-state index < -0.39 is 21.8 Å². The van der Waals surface area contributed by atoms with Gasteiger partial charge in [-0.1, -0.05) is 20.8 Å². The van der Waals surface area contributed by atoms with Crippen LogP contribution in [0.4, 0.5) is 0 Å². The minimum Gasteiger partial charge on any atom is -0.368 e. The van der Waals surface area contributed by atoms with Crippen LogP contribution in [-0.4, -0.2) is 37.9 Å². The number of carbonyl (C=O) groups is 1. The predicted octanol–water partition coefficient (Wildman–Crippen LogP) is -0.0909. The highest BCUT2D eigenvalue weighted by Gasteiger charge is 2.23. The molecule has 16 heavy (non-hydrogen) atoms. The number of nitrogens with two attached hydrogens (primary N) is 1. The van der Waals surface area contributed by atoms with Crippen LogP contribution in [0.2, 0.25) is 0 Å². The quantitative estimate of drug-likeness (QED) is 0.661. The van der Waals surface area contributed by atoms with Crippen molar-refractivity contribution in [3.05, 3.63) is 0 Å². The minimum absolute atomic E-state index is 0.0278. The molecule has 6 heteroatoms. The van der Waals surface area contributed by atoms with Gasteiger partial charge in [0, 0.05) is 11.8 Å². The van der Waals surface area contributed by atoms with Crippen molar-refractivity contribution in [1.29, 1.82) is 0 Å². The third-order valence-electron chi connectivity index (χ3n) is 2.38. The SMILES string of the molecule is CCS(=O)(=O)CC(C)NC(C(N)=O)C(C)C. The third kappa shape index (κ3) is 5.46. The zero-order valence-corrected chi connectivity index (χ0v) is 11.2. The van der Waals surface area contributed by atoms with E-state index in [4.69, 9.17) is 5.73 Å². The first-order chi connectivity index (χ1) is 7.19. The van der Waals surface area contributed by atoms with E-state index in [1.54, 1.807) is 13.8 Å². The van der Waals surface area contributed by atoms with E-state index in [0.29, 0.717) is 0 Å². The van der Waals surface area contributed by atoms with Crippen molar-refractivity contribution >= 4 is 15.7 Å². The van der Waals surface area contributed by atoms with E-state index in [-0.39, 0.29) is 23.5 Å². The Kier molecular flexibility index (Phi) is 5.96. The van der Waals surface area contributed by atoms with E-state index in [1.807, 2.05) is 13.8 Å². The molecule has 0 rings (SSSR count). The molecule has 0 saturated heterocycles. The first kappa shape index (κ1) is 15.4. The molecule has 0 bridgehead atoms. The van der Waals surface area contributed by atoms with Crippen LogP contribution in [0.1, 0.15) is 27.7 Å². The van der Waals surface area contributed by atoms with Gasteiger partial charge in [-0.25, -0.2) is 8.42 Å². The van der Waals surface area contributed by atoms with Crippen LogP contribution in [0.5, 0.6) is 0 Å². The number of sulfone groups is 1. The minimum atomic E-state index is -3.03. The van der Waals surface area contributed by atoms with Crippen LogP contribution in [0, 0.1) is 5.92 Å². The number of amides is 1. The molecule has 0 saturated carbocycles. The smallest absolute Gasteiger partial charge is 0.234 e. The number of hydrogen-bond acceptors (Lipinski definition) is 4. The fourth-order valence-electron chi connectivity index (χ4n) is 1.46. The summed E-state index contributed by atoms with van der Waals surface area (Å²) in [4.78, 5) is 11.1. The summed E-state index contributed by atoms with van der Waals surface area (Å²) >= 11 is 0. The van der Waals surface area contributed by atoms with E-state index in [9.17, 15) is 13.2 Å². The molecule has 0 aromatic heterocycles. The van der Waals surface area contributed by atoms with Crippen molar-refractivity contribution in [1.82, 2.24) is 5.32 Å². The summed E-state index contributed by atoms with van der Waals surface area (Å²) in [5.41, 5.74) is 5.23. The molecule has 0 aromatic carbocycles. The second-order valence-corrected chi connectivity index (χ2v) is 6.79. The van der Waals surface area contributed by atoms with Gasteiger partial charge in [0.25, 0.3) is 0 Å². The Morgan fingerprint density at radius 1 is 1.31 bits per heavy atom. The van der Waals surface area contributed by atoms with Crippen LogP contribution >= 0.6 is 0 Å². The van der Waals surface area contributed by atoms with Gasteiger partial charge >= 0.3 is 0 Å². The molecule has 0 radical (unpaired) electrons. The summed E-state index contributed by atoms with van der Waals surface area (Å²) < 4.78 is 22.7. The molecule has 0 fully saturated rings. The van der Waals surface area contributed by atoms with Gasteiger partial charge in [-0.05, 0) is 12.8 Å². The van der Waals surface area contributed by atoms with Crippen LogP contribution in [0.15, 0.2) is 0 Å². The van der Waals surface area contributed by atoms with E-state index >= 15 is 0 Å². The monoisotopic (exact) mass is 250 g/mol. The maximum Gasteiger partial charge on any atom is 0.234 e. The third-order valence-corrected chi connectivity index (χ3v) is 4.27. The molecule has 2 unspecified atom stereocenters. The first-order valence-electron chi connectivity index (χ1n) is 5.45. The van der Waals surface area contributed by atoms with Crippen LogP contribution in [0.3, 0.4) is 0 Å². The lowest BCUT2D eigenvalue weighted by atomic mass is 10.0. The fourth-order valence-corrected chi connectivity index (χ4v) is 2.55. The second-order valence-electron chi connectivity index (χ2n) is 4.39. The van der Waals surface area contributed by atoms with Crippen molar-refractivity contribution in [2.24, 2.45) is 11.7 Å². The molecule has 0 aromatic rings. The maximum atomic E-state index is 11.4. The highest BCUT2D eigenvalue weighted by atomic mass is 32.2. The molecule has 0 heterocycles. The molecule has 96 valence electrons. The van der Waals surface area contributed by atoms with E-state index in [2.05, 4.69) is 5.32 Å². The highest BCUT2D eigenvalue weighted by Crippen LogP contribution is 2.03. The molecule has 0 aliphatic carbocycles. The van der Waals surface area contributed by atoms with Gasteiger partial charge in [-0.2, -0.15) is 0 Å². The largest absolute Gasteiger partial charge is 0.368 e. The second kappa shape index (κ2) is 6.20. The Morgan fingerprint density at radius 2 is 1.81 bits per heavy atom. The molecule has 0 spiro atoms. The van der Waals surface area contributed by atoms with Gasteiger partial charge in [0.2, 0.25) is 5.91 Å². The molecule has 0 aliphatic rings. The molecule has 3 N–H and O–H groups in total. The Morgan fingerprint density at radius 3 is 2.12 bits per heavy atom. The average molecular weight is 250 g/mol. The van der Waals surface area contributed by atoms with Gasteiger partial charge in [-0.3, -0.25) is 4.79 Å². The number of primary amides is 1.